The molecule has 2 aromatic carbocycles. The normalized spacial score (nSPS) is 15.4. The molecule has 0 bridgehead atoms. The fourth-order valence-corrected chi connectivity index (χ4v) is 6.55. The number of likely N-dealkylation sites (tertiary alicyclic amines) is 1. The van der Waals surface area contributed by atoms with Crippen molar-refractivity contribution in [1.82, 2.24) is 14.9 Å². The average molecular weight is 503 g/mol. The lowest BCUT2D eigenvalue weighted by atomic mass is 9.98. The van der Waals surface area contributed by atoms with Crippen molar-refractivity contribution in [3.05, 3.63) is 60.4 Å². The van der Waals surface area contributed by atoms with Gasteiger partial charge in [-0.2, -0.15) is 0 Å². The van der Waals surface area contributed by atoms with Crippen molar-refractivity contribution in [1.29, 1.82) is 0 Å². The van der Waals surface area contributed by atoms with Gasteiger partial charge in [-0.15, -0.1) is 0 Å². The summed E-state index contributed by atoms with van der Waals surface area (Å²) < 4.78 is 52.1. The van der Waals surface area contributed by atoms with Crippen LogP contribution in [-0.2, 0) is 19.9 Å². The van der Waals surface area contributed by atoms with Crippen molar-refractivity contribution in [3.8, 4) is 0 Å². The Balaban J connectivity index is 1.42. The number of benzene rings is 2. The third kappa shape index (κ3) is 5.36. The molecule has 11 heteroatoms. The van der Waals surface area contributed by atoms with Gasteiger partial charge in [-0.05, 0) is 55.2 Å². The van der Waals surface area contributed by atoms with E-state index in [2.05, 4.69) is 14.7 Å². The van der Waals surface area contributed by atoms with Gasteiger partial charge in [0.05, 0.1) is 11.3 Å². The van der Waals surface area contributed by atoms with Crippen molar-refractivity contribution in [3.63, 3.8) is 0 Å². The minimum atomic E-state index is -3.91. The maximum absolute atomic E-state index is 12.9. The monoisotopic (exact) mass is 502 g/mol. The Bertz CT molecular complexity index is 1390. The molecule has 1 amide bonds. The lowest BCUT2D eigenvalue weighted by Gasteiger charge is -2.32. The first kappa shape index (κ1) is 24.1. The Labute approximate surface area is 199 Å². The first-order valence-corrected chi connectivity index (χ1v) is 14.3. The summed E-state index contributed by atoms with van der Waals surface area (Å²) in [7, 11) is -6.94. The fraction of sp³-hybridized carbons (Fsp3) is 0.348. The number of hydrogen-bond acceptors (Lipinski definition) is 7. The van der Waals surface area contributed by atoms with Gasteiger partial charge in [-0.25, -0.2) is 16.8 Å². The molecule has 1 aliphatic rings. The van der Waals surface area contributed by atoms with Crippen LogP contribution < -0.4 is 4.72 Å². The number of nitrogens with one attached hydrogen (secondary N) is 1. The Morgan fingerprint density at radius 1 is 1.00 bits per heavy atom. The molecule has 0 atom stereocenters. The Morgan fingerprint density at radius 2 is 1.68 bits per heavy atom. The Hall–Kier alpha value is -3.05. The number of rotatable bonds is 7. The predicted molar refractivity (Wildman–Crippen MR) is 130 cm³/mol. The summed E-state index contributed by atoms with van der Waals surface area (Å²) >= 11 is 0. The molecule has 1 saturated heterocycles. The number of piperidine rings is 1. The summed E-state index contributed by atoms with van der Waals surface area (Å²) in [6, 6.07) is 11.0. The number of nitrogens with zero attached hydrogens (tertiary/aromatic N) is 3. The zero-order valence-corrected chi connectivity index (χ0v) is 20.3. The largest absolute Gasteiger partial charge is 0.339 e. The average Bonchev–Trinajstić information content (AvgIpc) is 2.84. The molecule has 0 aliphatic carbocycles. The second-order valence-electron chi connectivity index (χ2n) is 8.30. The van der Waals surface area contributed by atoms with E-state index in [9.17, 15) is 21.6 Å². The van der Waals surface area contributed by atoms with Crippen LogP contribution >= 0.6 is 0 Å². The van der Waals surface area contributed by atoms with E-state index >= 15 is 0 Å². The number of fused-ring (bicyclic) bond motifs is 1. The second-order valence-corrected chi connectivity index (χ2v) is 12.3. The van der Waals surface area contributed by atoms with Crippen molar-refractivity contribution >= 4 is 42.5 Å². The van der Waals surface area contributed by atoms with Crippen LogP contribution in [0.1, 0.15) is 30.1 Å². The lowest BCUT2D eigenvalue weighted by Crippen LogP contribution is -2.40. The van der Waals surface area contributed by atoms with E-state index in [1.807, 2.05) is 0 Å². The summed E-state index contributed by atoms with van der Waals surface area (Å²) in [5.41, 5.74) is 1.52. The number of anilines is 1. The van der Waals surface area contributed by atoms with E-state index in [0.717, 1.165) is 0 Å². The van der Waals surface area contributed by atoms with E-state index in [1.54, 1.807) is 48.2 Å². The van der Waals surface area contributed by atoms with Crippen LogP contribution in [0, 0.1) is 5.92 Å². The highest BCUT2D eigenvalue weighted by molar-refractivity contribution is 7.93. The van der Waals surface area contributed by atoms with Crippen LogP contribution in [0.5, 0.6) is 0 Å². The van der Waals surface area contributed by atoms with Crippen molar-refractivity contribution in [2.75, 3.05) is 29.3 Å². The smallest absolute Gasteiger partial charge is 0.264 e. The van der Waals surface area contributed by atoms with E-state index in [1.165, 1.54) is 18.5 Å². The molecule has 0 spiro atoms. The maximum Gasteiger partial charge on any atom is 0.264 e. The topological polar surface area (TPSA) is 126 Å². The maximum atomic E-state index is 12.9. The number of sulfonamides is 1. The lowest BCUT2D eigenvalue weighted by molar-refractivity contribution is 0.0698. The molecule has 4 rings (SSSR count). The van der Waals surface area contributed by atoms with Crippen LogP contribution in [0.15, 0.2) is 59.8 Å². The standard InChI is InChI=1S/C23H26N4O5S2/c1-2-33(29,30)16-17-10-14-27(15-11-17)23(28)18-6-8-19(9-7-18)26-34(31,32)21-5-3-4-20-22(21)25-13-12-24-20/h3-9,12-13,17,26H,2,10-11,14-16H2,1H3. The van der Waals surface area contributed by atoms with Crippen LogP contribution in [-0.4, -0.2) is 62.2 Å². The minimum absolute atomic E-state index is 0.0196. The summed E-state index contributed by atoms with van der Waals surface area (Å²) in [6.45, 7) is 2.65. The first-order chi connectivity index (χ1) is 16.2. The molecular formula is C23H26N4O5S2. The molecule has 1 aromatic heterocycles. The summed E-state index contributed by atoms with van der Waals surface area (Å²) in [6.07, 6.45) is 4.23. The molecule has 3 aromatic rings. The third-order valence-electron chi connectivity index (χ3n) is 5.97. The Kier molecular flexibility index (Phi) is 6.85. The first-order valence-electron chi connectivity index (χ1n) is 11.0. The van der Waals surface area contributed by atoms with Gasteiger partial charge in [-0.1, -0.05) is 13.0 Å². The number of carbonyl (C=O) groups excluding carboxylic acids is 1. The highest BCUT2D eigenvalue weighted by atomic mass is 32.2. The van der Waals surface area contributed by atoms with Gasteiger partial charge >= 0.3 is 0 Å². The molecule has 0 saturated carbocycles. The molecule has 34 heavy (non-hydrogen) atoms. The van der Waals surface area contributed by atoms with Gasteiger partial charge in [0.1, 0.15) is 20.2 Å². The van der Waals surface area contributed by atoms with Crippen LogP contribution in [0.4, 0.5) is 5.69 Å². The van der Waals surface area contributed by atoms with Gasteiger partial charge in [0.2, 0.25) is 0 Å². The van der Waals surface area contributed by atoms with E-state index in [-0.39, 0.29) is 33.7 Å². The van der Waals surface area contributed by atoms with E-state index in [0.29, 0.717) is 42.7 Å². The zero-order chi connectivity index (χ0) is 24.3. The van der Waals surface area contributed by atoms with Gasteiger partial charge in [0, 0.05) is 42.5 Å². The number of hydrogen-bond donors (Lipinski definition) is 1. The fourth-order valence-electron chi connectivity index (χ4n) is 4.04. The molecule has 1 N–H and O–H groups in total. The van der Waals surface area contributed by atoms with E-state index in [4.69, 9.17) is 0 Å². The molecule has 1 aliphatic heterocycles. The molecule has 180 valence electrons. The van der Waals surface area contributed by atoms with Crippen LogP contribution in [0.2, 0.25) is 0 Å². The molecule has 2 heterocycles. The van der Waals surface area contributed by atoms with Gasteiger partial charge in [-0.3, -0.25) is 19.5 Å². The van der Waals surface area contributed by atoms with Crippen LogP contribution in [0.25, 0.3) is 11.0 Å². The van der Waals surface area contributed by atoms with Gasteiger partial charge < -0.3 is 4.90 Å². The highest BCUT2D eigenvalue weighted by Gasteiger charge is 2.26. The quantitative estimate of drug-likeness (QED) is 0.526. The minimum Gasteiger partial charge on any atom is -0.339 e. The Morgan fingerprint density at radius 3 is 2.35 bits per heavy atom. The van der Waals surface area contributed by atoms with E-state index < -0.39 is 19.9 Å². The summed E-state index contributed by atoms with van der Waals surface area (Å²) in [5, 5.41) is 0. The van der Waals surface area contributed by atoms with Gasteiger partial charge in [0.15, 0.2) is 0 Å². The molecule has 9 nitrogen and oxygen atoms in total. The molecular weight excluding hydrogens is 476 g/mol. The molecule has 0 radical (unpaired) electrons. The summed E-state index contributed by atoms with van der Waals surface area (Å²) in [5.74, 6) is 0.221. The highest BCUT2D eigenvalue weighted by Crippen LogP contribution is 2.24. The molecule has 1 fully saturated rings. The molecule has 0 unspecified atom stereocenters. The number of carbonyl (C=O) groups is 1. The van der Waals surface area contributed by atoms with Crippen molar-refractivity contribution < 1.29 is 21.6 Å². The predicted octanol–water partition coefficient (Wildman–Crippen LogP) is 2.72. The number of para-hydroxylation sites is 1. The van der Waals surface area contributed by atoms with Crippen LogP contribution in [0.3, 0.4) is 0 Å². The number of sulfone groups is 1. The second kappa shape index (κ2) is 9.67. The SMILES string of the molecule is CCS(=O)(=O)CC1CCN(C(=O)c2ccc(NS(=O)(=O)c3cccc4nccnc34)cc2)CC1. The third-order valence-corrected chi connectivity index (χ3v) is 9.24. The van der Waals surface area contributed by atoms with Crippen molar-refractivity contribution in [2.24, 2.45) is 5.92 Å². The number of amides is 1. The number of aromatic nitrogens is 2. The van der Waals surface area contributed by atoms with Gasteiger partial charge in [0.25, 0.3) is 15.9 Å². The zero-order valence-electron chi connectivity index (χ0n) is 18.7. The van der Waals surface area contributed by atoms with Crippen molar-refractivity contribution in [2.45, 2.75) is 24.7 Å². The summed E-state index contributed by atoms with van der Waals surface area (Å²) in [4.78, 5) is 22.9.